The number of morpholine rings is 1. The standard InChI is InChI=1S/C13H19N3O2S/c1-19-11-4-2-3-10(12(11)13(14)15)16-5-6-18-9(7-16)8-17/h2-4,9,17H,5-8H2,1H3,(H3,14,15). The average molecular weight is 281 g/mol. The molecule has 1 fully saturated rings. The van der Waals surface area contributed by atoms with Crippen molar-refractivity contribution < 1.29 is 9.84 Å². The molecule has 0 bridgehead atoms. The minimum atomic E-state index is -0.175. The van der Waals surface area contributed by atoms with Crippen LogP contribution in [0.3, 0.4) is 0 Å². The van der Waals surface area contributed by atoms with E-state index >= 15 is 0 Å². The maximum Gasteiger partial charge on any atom is 0.126 e. The highest BCUT2D eigenvalue weighted by molar-refractivity contribution is 7.98. The number of nitrogens with two attached hydrogens (primary N) is 1. The van der Waals surface area contributed by atoms with E-state index in [0.29, 0.717) is 13.2 Å². The van der Waals surface area contributed by atoms with Crippen LogP contribution in [0.1, 0.15) is 5.56 Å². The van der Waals surface area contributed by atoms with E-state index in [0.717, 1.165) is 22.7 Å². The predicted molar refractivity (Wildman–Crippen MR) is 78.3 cm³/mol. The molecule has 1 aromatic rings. The zero-order valence-electron chi connectivity index (χ0n) is 10.9. The number of nitrogens with zero attached hydrogens (tertiary/aromatic N) is 1. The third-order valence-electron chi connectivity index (χ3n) is 3.18. The Morgan fingerprint density at radius 3 is 3.05 bits per heavy atom. The monoisotopic (exact) mass is 281 g/mol. The summed E-state index contributed by atoms with van der Waals surface area (Å²) in [6.07, 6.45) is 1.80. The Balaban J connectivity index is 2.35. The van der Waals surface area contributed by atoms with Gasteiger partial charge < -0.3 is 20.5 Å². The van der Waals surface area contributed by atoms with Crippen LogP contribution >= 0.6 is 11.8 Å². The molecule has 0 aromatic heterocycles. The van der Waals surface area contributed by atoms with Crippen molar-refractivity contribution in [2.45, 2.75) is 11.0 Å². The first-order valence-corrected chi connectivity index (χ1v) is 7.38. The first kappa shape index (κ1) is 14.2. The Hall–Kier alpha value is -1.24. The summed E-state index contributed by atoms with van der Waals surface area (Å²) in [5, 5.41) is 17.0. The fourth-order valence-corrected chi connectivity index (χ4v) is 2.91. The molecule has 1 aliphatic heterocycles. The zero-order chi connectivity index (χ0) is 13.8. The number of aliphatic hydroxyl groups is 1. The first-order chi connectivity index (χ1) is 9.17. The van der Waals surface area contributed by atoms with Crippen LogP contribution in [0.4, 0.5) is 5.69 Å². The van der Waals surface area contributed by atoms with Gasteiger partial charge in [-0.2, -0.15) is 0 Å². The van der Waals surface area contributed by atoms with E-state index in [2.05, 4.69) is 4.90 Å². The molecule has 0 radical (unpaired) electrons. The van der Waals surface area contributed by atoms with E-state index in [1.165, 1.54) is 0 Å². The summed E-state index contributed by atoms with van der Waals surface area (Å²) in [4.78, 5) is 3.12. The van der Waals surface area contributed by atoms with Crippen LogP contribution in [0.25, 0.3) is 0 Å². The van der Waals surface area contributed by atoms with Crippen molar-refractivity contribution in [2.24, 2.45) is 5.73 Å². The maximum absolute atomic E-state index is 9.21. The van der Waals surface area contributed by atoms with Crippen LogP contribution in [0.2, 0.25) is 0 Å². The molecule has 2 rings (SSSR count). The molecule has 4 N–H and O–H groups in total. The van der Waals surface area contributed by atoms with Crippen molar-refractivity contribution >= 4 is 23.3 Å². The third kappa shape index (κ3) is 3.02. The van der Waals surface area contributed by atoms with E-state index in [4.69, 9.17) is 15.9 Å². The molecule has 1 unspecified atom stereocenters. The number of aliphatic hydroxyl groups excluding tert-OH is 1. The van der Waals surface area contributed by atoms with Crippen molar-refractivity contribution in [3.05, 3.63) is 23.8 Å². The summed E-state index contributed by atoms with van der Waals surface area (Å²) in [7, 11) is 0. The molecule has 104 valence electrons. The van der Waals surface area contributed by atoms with Gasteiger partial charge in [-0.1, -0.05) is 6.07 Å². The Labute approximate surface area is 117 Å². The van der Waals surface area contributed by atoms with Gasteiger partial charge in [0, 0.05) is 23.7 Å². The Bertz CT molecular complexity index is 467. The van der Waals surface area contributed by atoms with Crippen LogP contribution in [-0.4, -0.2) is 49.6 Å². The lowest BCUT2D eigenvalue weighted by Crippen LogP contribution is -2.44. The second kappa shape index (κ2) is 6.27. The molecule has 0 spiro atoms. The van der Waals surface area contributed by atoms with Gasteiger partial charge in [0.1, 0.15) is 5.84 Å². The van der Waals surface area contributed by atoms with Gasteiger partial charge in [0.15, 0.2) is 0 Å². The highest BCUT2D eigenvalue weighted by atomic mass is 32.2. The fourth-order valence-electron chi connectivity index (χ4n) is 2.27. The summed E-state index contributed by atoms with van der Waals surface area (Å²) < 4.78 is 5.45. The van der Waals surface area contributed by atoms with Crippen LogP contribution in [0, 0.1) is 5.41 Å². The lowest BCUT2D eigenvalue weighted by Gasteiger charge is -2.35. The van der Waals surface area contributed by atoms with Crippen molar-refractivity contribution in [3.63, 3.8) is 0 Å². The largest absolute Gasteiger partial charge is 0.394 e. The van der Waals surface area contributed by atoms with Gasteiger partial charge in [0.2, 0.25) is 0 Å². The highest BCUT2D eigenvalue weighted by Gasteiger charge is 2.23. The van der Waals surface area contributed by atoms with Crippen molar-refractivity contribution in [3.8, 4) is 0 Å². The number of benzene rings is 1. The number of ether oxygens (including phenoxy) is 1. The molecule has 6 heteroatoms. The number of nitrogen functional groups attached to an aromatic ring is 1. The topological polar surface area (TPSA) is 82.6 Å². The summed E-state index contributed by atoms with van der Waals surface area (Å²) >= 11 is 1.58. The van der Waals surface area contributed by atoms with Crippen LogP contribution < -0.4 is 10.6 Å². The highest BCUT2D eigenvalue weighted by Crippen LogP contribution is 2.30. The first-order valence-electron chi connectivity index (χ1n) is 6.16. The lowest BCUT2D eigenvalue weighted by molar-refractivity contribution is 0.00355. The summed E-state index contributed by atoms with van der Waals surface area (Å²) in [5.41, 5.74) is 7.44. The molecule has 19 heavy (non-hydrogen) atoms. The van der Waals surface area contributed by atoms with Gasteiger partial charge in [-0.05, 0) is 18.4 Å². The lowest BCUT2D eigenvalue weighted by atomic mass is 10.1. The minimum absolute atomic E-state index is 0.00806. The molecular formula is C13H19N3O2S. The number of hydrogen-bond donors (Lipinski definition) is 3. The Kier molecular flexibility index (Phi) is 4.68. The smallest absolute Gasteiger partial charge is 0.126 e. The molecular weight excluding hydrogens is 262 g/mol. The normalized spacial score (nSPS) is 19.5. The number of anilines is 1. The van der Waals surface area contributed by atoms with Crippen molar-refractivity contribution in [2.75, 3.05) is 37.5 Å². The minimum Gasteiger partial charge on any atom is -0.394 e. The molecule has 1 saturated heterocycles. The summed E-state index contributed by atoms with van der Waals surface area (Å²) in [6.45, 7) is 1.95. The summed E-state index contributed by atoms with van der Waals surface area (Å²) in [5.74, 6) is 0.0759. The van der Waals surface area contributed by atoms with E-state index < -0.39 is 0 Å². The Morgan fingerprint density at radius 1 is 1.63 bits per heavy atom. The van der Waals surface area contributed by atoms with E-state index in [9.17, 15) is 5.11 Å². The van der Waals surface area contributed by atoms with E-state index in [1.54, 1.807) is 11.8 Å². The van der Waals surface area contributed by atoms with Gasteiger partial charge >= 0.3 is 0 Å². The van der Waals surface area contributed by atoms with E-state index in [-0.39, 0.29) is 18.5 Å². The molecule has 1 aliphatic rings. The van der Waals surface area contributed by atoms with E-state index in [1.807, 2.05) is 24.5 Å². The number of rotatable bonds is 4. The van der Waals surface area contributed by atoms with Gasteiger partial charge in [-0.3, -0.25) is 5.41 Å². The number of hydrogen-bond acceptors (Lipinski definition) is 5. The maximum atomic E-state index is 9.21. The van der Waals surface area contributed by atoms with Crippen LogP contribution in [-0.2, 0) is 4.74 Å². The number of thioether (sulfide) groups is 1. The molecule has 1 heterocycles. The predicted octanol–water partition coefficient (Wildman–Crippen LogP) is 0.890. The van der Waals surface area contributed by atoms with Gasteiger partial charge in [0.25, 0.3) is 0 Å². The third-order valence-corrected chi connectivity index (χ3v) is 3.96. The Morgan fingerprint density at radius 2 is 2.42 bits per heavy atom. The SMILES string of the molecule is CSc1cccc(N2CCOC(CO)C2)c1C(=N)N. The van der Waals surface area contributed by atoms with Gasteiger partial charge in [-0.25, -0.2) is 0 Å². The molecule has 0 amide bonds. The van der Waals surface area contributed by atoms with Crippen LogP contribution in [0.5, 0.6) is 0 Å². The second-order valence-corrected chi connectivity index (χ2v) is 5.24. The van der Waals surface area contributed by atoms with Gasteiger partial charge in [0.05, 0.1) is 24.9 Å². The average Bonchev–Trinajstić information content (AvgIpc) is 2.46. The molecule has 0 aliphatic carbocycles. The fraction of sp³-hybridized carbons (Fsp3) is 0.462. The second-order valence-electron chi connectivity index (χ2n) is 4.39. The molecule has 1 aromatic carbocycles. The van der Waals surface area contributed by atoms with Crippen molar-refractivity contribution in [1.29, 1.82) is 5.41 Å². The molecule has 0 saturated carbocycles. The van der Waals surface area contributed by atoms with Crippen molar-refractivity contribution in [1.82, 2.24) is 0 Å². The molecule has 1 atom stereocenters. The zero-order valence-corrected chi connectivity index (χ0v) is 11.7. The number of nitrogens with one attached hydrogen (secondary N) is 1. The number of amidine groups is 1. The quantitative estimate of drug-likeness (QED) is 0.434. The van der Waals surface area contributed by atoms with Gasteiger partial charge in [-0.15, -0.1) is 11.8 Å². The van der Waals surface area contributed by atoms with Crippen LogP contribution in [0.15, 0.2) is 23.1 Å². The summed E-state index contributed by atoms with van der Waals surface area (Å²) in [6, 6.07) is 5.90. The molecule has 5 nitrogen and oxygen atoms in total.